The van der Waals surface area contributed by atoms with Crippen molar-refractivity contribution in [2.24, 2.45) is 5.73 Å². The molecule has 2 aromatic heterocycles. The second-order valence-electron chi connectivity index (χ2n) is 5.22. The van der Waals surface area contributed by atoms with Crippen molar-refractivity contribution < 1.29 is 0 Å². The first-order valence-electron chi connectivity index (χ1n) is 5.73. The summed E-state index contributed by atoms with van der Waals surface area (Å²) < 4.78 is 1.97. The molecule has 0 saturated carbocycles. The summed E-state index contributed by atoms with van der Waals surface area (Å²) in [6.45, 7) is 8.85. The van der Waals surface area contributed by atoms with Gasteiger partial charge in [0.25, 0.3) is 0 Å². The predicted molar refractivity (Wildman–Crippen MR) is 67.4 cm³/mol. The van der Waals surface area contributed by atoms with Crippen LogP contribution in [0.5, 0.6) is 0 Å². The molecule has 0 unspecified atom stereocenters. The summed E-state index contributed by atoms with van der Waals surface area (Å²) in [6.07, 6.45) is 3.81. The van der Waals surface area contributed by atoms with Crippen LogP contribution in [0, 0.1) is 6.92 Å². The van der Waals surface area contributed by atoms with E-state index in [9.17, 15) is 0 Å². The molecule has 2 rings (SSSR count). The summed E-state index contributed by atoms with van der Waals surface area (Å²) in [5.74, 6) is 0. The fourth-order valence-corrected chi connectivity index (χ4v) is 1.75. The molecular formula is C12H19N5. The van der Waals surface area contributed by atoms with Crippen LogP contribution >= 0.6 is 0 Å². The van der Waals surface area contributed by atoms with Crippen LogP contribution in [0.2, 0.25) is 0 Å². The Bertz CT molecular complexity index is 515. The van der Waals surface area contributed by atoms with Crippen LogP contribution in [-0.2, 0) is 12.1 Å². The Balaban J connectivity index is 2.50. The highest BCUT2D eigenvalue weighted by Gasteiger charge is 2.18. The average molecular weight is 233 g/mol. The van der Waals surface area contributed by atoms with Crippen molar-refractivity contribution in [2.45, 2.75) is 39.8 Å². The van der Waals surface area contributed by atoms with E-state index in [4.69, 9.17) is 5.73 Å². The van der Waals surface area contributed by atoms with Gasteiger partial charge < -0.3 is 5.73 Å². The van der Waals surface area contributed by atoms with Crippen molar-refractivity contribution in [1.29, 1.82) is 0 Å². The normalized spacial score (nSPS) is 12.1. The number of hydrogen-bond donors (Lipinski definition) is 2. The van der Waals surface area contributed by atoms with Gasteiger partial charge in [-0.1, -0.05) is 0 Å². The molecule has 0 bridgehead atoms. The summed E-state index contributed by atoms with van der Waals surface area (Å²) in [5, 5.41) is 11.6. The standard InChI is InChI=1S/C12H19N5/c1-8-10(7-17(16-8)12(2,3)4)11-9(5-13)6-14-15-11/h6-7H,5,13H2,1-4H3,(H,14,15). The number of aromatic amines is 1. The van der Waals surface area contributed by atoms with E-state index in [0.717, 1.165) is 22.5 Å². The van der Waals surface area contributed by atoms with Crippen molar-refractivity contribution in [3.05, 3.63) is 23.7 Å². The molecule has 0 aliphatic rings. The molecule has 0 aliphatic heterocycles. The van der Waals surface area contributed by atoms with Gasteiger partial charge in [0.2, 0.25) is 0 Å². The highest BCUT2D eigenvalue weighted by molar-refractivity contribution is 5.64. The van der Waals surface area contributed by atoms with Crippen LogP contribution in [0.1, 0.15) is 32.0 Å². The Morgan fingerprint density at radius 2 is 2.12 bits per heavy atom. The fraction of sp³-hybridized carbons (Fsp3) is 0.500. The van der Waals surface area contributed by atoms with Crippen molar-refractivity contribution in [3.8, 4) is 11.3 Å². The highest BCUT2D eigenvalue weighted by atomic mass is 15.3. The molecule has 0 saturated heterocycles. The number of nitrogens with zero attached hydrogens (tertiary/aromatic N) is 3. The predicted octanol–water partition coefficient (Wildman–Crippen LogP) is 1.80. The lowest BCUT2D eigenvalue weighted by molar-refractivity contribution is 0.354. The average Bonchev–Trinajstić information content (AvgIpc) is 2.81. The number of aryl methyl sites for hydroxylation is 1. The zero-order valence-corrected chi connectivity index (χ0v) is 10.8. The van der Waals surface area contributed by atoms with E-state index in [0.29, 0.717) is 6.54 Å². The van der Waals surface area contributed by atoms with Gasteiger partial charge in [0.05, 0.1) is 23.1 Å². The van der Waals surface area contributed by atoms with Crippen LogP contribution in [0.4, 0.5) is 0 Å². The maximum Gasteiger partial charge on any atom is 0.0729 e. The Hall–Kier alpha value is -1.62. The maximum absolute atomic E-state index is 5.69. The molecule has 17 heavy (non-hydrogen) atoms. The number of aromatic nitrogens is 4. The molecule has 5 nitrogen and oxygen atoms in total. The molecule has 2 heterocycles. The summed E-state index contributed by atoms with van der Waals surface area (Å²) >= 11 is 0. The van der Waals surface area contributed by atoms with Crippen molar-refractivity contribution in [1.82, 2.24) is 20.0 Å². The molecule has 3 N–H and O–H groups in total. The van der Waals surface area contributed by atoms with Gasteiger partial charge in [0.15, 0.2) is 0 Å². The minimum absolute atomic E-state index is 0.0219. The molecule has 0 amide bonds. The lowest BCUT2D eigenvalue weighted by Gasteiger charge is -2.18. The molecule has 0 aliphatic carbocycles. The topological polar surface area (TPSA) is 72.5 Å². The van der Waals surface area contributed by atoms with Gasteiger partial charge in [-0.2, -0.15) is 10.2 Å². The number of nitrogens with one attached hydrogen (secondary N) is 1. The number of rotatable bonds is 2. The van der Waals surface area contributed by atoms with Crippen LogP contribution in [0.15, 0.2) is 12.4 Å². The van der Waals surface area contributed by atoms with E-state index >= 15 is 0 Å². The van der Waals surface area contributed by atoms with Gasteiger partial charge >= 0.3 is 0 Å². The zero-order chi connectivity index (χ0) is 12.6. The molecule has 2 aromatic rings. The Kier molecular flexibility index (Phi) is 2.79. The second-order valence-corrected chi connectivity index (χ2v) is 5.22. The van der Waals surface area contributed by atoms with E-state index in [1.165, 1.54) is 0 Å². The molecule has 0 radical (unpaired) electrons. The number of H-pyrrole nitrogens is 1. The van der Waals surface area contributed by atoms with Gasteiger partial charge in [0.1, 0.15) is 0 Å². The quantitative estimate of drug-likeness (QED) is 0.830. The minimum Gasteiger partial charge on any atom is -0.326 e. The molecule has 0 fully saturated rings. The van der Waals surface area contributed by atoms with Crippen molar-refractivity contribution >= 4 is 0 Å². The third-order valence-electron chi connectivity index (χ3n) is 2.79. The summed E-state index contributed by atoms with van der Waals surface area (Å²) in [7, 11) is 0. The molecule has 0 spiro atoms. The summed E-state index contributed by atoms with van der Waals surface area (Å²) in [5.41, 5.74) is 9.71. The first kappa shape index (κ1) is 11.9. The van der Waals surface area contributed by atoms with Crippen LogP contribution in [0.25, 0.3) is 11.3 Å². The Morgan fingerprint density at radius 1 is 1.41 bits per heavy atom. The van der Waals surface area contributed by atoms with E-state index in [2.05, 4.69) is 36.1 Å². The number of hydrogen-bond acceptors (Lipinski definition) is 3. The monoisotopic (exact) mass is 233 g/mol. The number of nitrogens with two attached hydrogens (primary N) is 1. The van der Waals surface area contributed by atoms with Crippen molar-refractivity contribution in [2.75, 3.05) is 0 Å². The third kappa shape index (κ3) is 2.10. The highest BCUT2D eigenvalue weighted by Crippen LogP contribution is 2.26. The van der Waals surface area contributed by atoms with Crippen LogP contribution < -0.4 is 5.73 Å². The maximum atomic E-state index is 5.69. The lowest BCUT2D eigenvalue weighted by atomic mass is 10.1. The van der Waals surface area contributed by atoms with Gasteiger partial charge in [-0.05, 0) is 27.7 Å². The second kappa shape index (κ2) is 4.00. The SMILES string of the molecule is Cc1nn(C(C)(C)C)cc1-c1[nH]ncc1CN. The third-order valence-corrected chi connectivity index (χ3v) is 2.79. The van der Waals surface area contributed by atoms with Gasteiger partial charge in [-0.15, -0.1) is 0 Å². The van der Waals surface area contributed by atoms with E-state index in [-0.39, 0.29) is 5.54 Å². The van der Waals surface area contributed by atoms with Gasteiger partial charge in [-0.3, -0.25) is 9.78 Å². The molecule has 0 atom stereocenters. The minimum atomic E-state index is -0.0219. The molecule has 5 heteroatoms. The van der Waals surface area contributed by atoms with E-state index in [1.807, 2.05) is 17.8 Å². The molecule has 92 valence electrons. The van der Waals surface area contributed by atoms with Crippen LogP contribution in [-0.4, -0.2) is 20.0 Å². The first-order valence-corrected chi connectivity index (χ1v) is 5.73. The zero-order valence-electron chi connectivity index (χ0n) is 10.8. The van der Waals surface area contributed by atoms with E-state index in [1.54, 1.807) is 6.20 Å². The Morgan fingerprint density at radius 3 is 2.65 bits per heavy atom. The van der Waals surface area contributed by atoms with Gasteiger partial charge in [0, 0.05) is 23.9 Å². The molecular weight excluding hydrogens is 214 g/mol. The van der Waals surface area contributed by atoms with E-state index < -0.39 is 0 Å². The molecule has 0 aromatic carbocycles. The smallest absolute Gasteiger partial charge is 0.0729 e. The Labute approximate surface area is 101 Å². The van der Waals surface area contributed by atoms with Gasteiger partial charge in [-0.25, -0.2) is 0 Å². The van der Waals surface area contributed by atoms with Crippen molar-refractivity contribution in [3.63, 3.8) is 0 Å². The summed E-state index contributed by atoms with van der Waals surface area (Å²) in [6, 6.07) is 0. The fourth-order valence-electron chi connectivity index (χ4n) is 1.75. The van der Waals surface area contributed by atoms with Crippen LogP contribution in [0.3, 0.4) is 0 Å². The first-order chi connectivity index (χ1) is 7.93. The summed E-state index contributed by atoms with van der Waals surface area (Å²) in [4.78, 5) is 0. The lowest BCUT2D eigenvalue weighted by Crippen LogP contribution is -2.22. The largest absolute Gasteiger partial charge is 0.326 e.